The molecule has 0 aromatic heterocycles. The molecule has 0 aliphatic carbocycles. The smallest absolute Gasteiger partial charge is 0.328 e. The monoisotopic (exact) mass is 360 g/mol. The van der Waals surface area contributed by atoms with Gasteiger partial charge in [-0.1, -0.05) is 0 Å². The highest BCUT2D eigenvalue weighted by atomic mass is 16.5. The average molecular weight is 360 g/mol. The van der Waals surface area contributed by atoms with Crippen LogP contribution in [0.5, 0.6) is 0 Å². The molecular formula is C16H28N2O7. The fraction of sp³-hybridized carbons (Fsp3) is 0.750. The van der Waals surface area contributed by atoms with Crippen LogP contribution >= 0.6 is 0 Å². The second-order valence-corrected chi connectivity index (χ2v) is 5.11. The Hall–Kier alpha value is -2.16. The quantitative estimate of drug-likeness (QED) is 0.368. The lowest BCUT2D eigenvalue weighted by atomic mass is 10.1. The van der Waals surface area contributed by atoms with Crippen LogP contribution in [0.2, 0.25) is 0 Å². The van der Waals surface area contributed by atoms with Gasteiger partial charge in [0.15, 0.2) is 0 Å². The van der Waals surface area contributed by atoms with Crippen molar-refractivity contribution in [3.8, 4) is 0 Å². The Labute approximate surface area is 147 Å². The molecule has 0 saturated carbocycles. The first kappa shape index (κ1) is 22.8. The van der Waals surface area contributed by atoms with Crippen LogP contribution in [0.4, 0.5) is 0 Å². The summed E-state index contributed by atoms with van der Waals surface area (Å²) in [4.78, 5) is 46.7. The van der Waals surface area contributed by atoms with Crippen molar-refractivity contribution in [2.75, 3.05) is 19.8 Å². The molecule has 0 radical (unpaired) electrons. The standard InChI is InChI=1S/C16H28N2O7/c1-4-23-13(19)9-7-11(17)15(21)18-12(16(22)25-6-3)8-10-14(20)24-5-2/h11-12H,4-10,17H2,1-3H3,(H,18,21)/t11-,12-/m0/s1. The van der Waals surface area contributed by atoms with Gasteiger partial charge in [-0.3, -0.25) is 14.4 Å². The molecule has 0 rings (SSSR count). The maximum atomic E-state index is 12.1. The van der Waals surface area contributed by atoms with Gasteiger partial charge in [-0.25, -0.2) is 4.79 Å². The number of nitrogens with two attached hydrogens (primary N) is 1. The maximum absolute atomic E-state index is 12.1. The molecular weight excluding hydrogens is 332 g/mol. The Bertz CT molecular complexity index is 454. The summed E-state index contributed by atoms with van der Waals surface area (Å²) in [6.07, 6.45) is 0.0665. The minimum atomic E-state index is -1.01. The van der Waals surface area contributed by atoms with Gasteiger partial charge < -0.3 is 25.3 Å². The lowest BCUT2D eigenvalue weighted by Gasteiger charge is -2.19. The van der Waals surface area contributed by atoms with Crippen LogP contribution in [0.3, 0.4) is 0 Å². The molecule has 0 aliphatic rings. The third-order valence-electron chi connectivity index (χ3n) is 3.13. The zero-order valence-corrected chi connectivity index (χ0v) is 15.0. The van der Waals surface area contributed by atoms with Gasteiger partial charge in [0.05, 0.1) is 25.9 Å². The third kappa shape index (κ3) is 10.3. The normalized spacial score (nSPS) is 12.6. The Kier molecular flexibility index (Phi) is 12.0. The average Bonchev–Trinajstić information content (AvgIpc) is 2.56. The van der Waals surface area contributed by atoms with E-state index in [1.54, 1.807) is 20.8 Å². The van der Waals surface area contributed by atoms with E-state index < -0.39 is 35.9 Å². The van der Waals surface area contributed by atoms with Crippen LogP contribution in [0, 0.1) is 0 Å². The summed E-state index contributed by atoms with van der Waals surface area (Å²) < 4.78 is 14.4. The molecule has 9 heteroatoms. The summed E-state index contributed by atoms with van der Waals surface area (Å²) in [6, 6.07) is -1.99. The van der Waals surface area contributed by atoms with Gasteiger partial charge in [0.1, 0.15) is 6.04 Å². The lowest BCUT2D eigenvalue weighted by molar-refractivity contribution is -0.149. The van der Waals surface area contributed by atoms with Gasteiger partial charge in [0.2, 0.25) is 5.91 Å². The van der Waals surface area contributed by atoms with Crippen molar-refractivity contribution in [3.05, 3.63) is 0 Å². The van der Waals surface area contributed by atoms with Gasteiger partial charge in [-0.15, -0.1) is 0 Å². The largest absolute Gasteiger partial charge is 0.466 e. The van der Waals surface area contributed by atoms with E-state index in [2.05, 4.69) is 5.32 Å². The highest BCUT2D eigenvalue weighted by molar-refractivity contribution is 5.88. The van der Waals surface area contributed by atoms with Crippen molar-refractivity contribution in [3.63, 3.8) is 0 Å². The summed E-state index contributed by atoms with van der Waals surface area (Å²) in [5.74, 6) is -2.18. The SMILES string of the molecule is CCOC(=O)CC[C@H](NC(=O)[C@@H](N)CCC(=O)OCC)C(=O)OCC. The molecule has 0 unspecified atom stereocenters. The van der Waals surface area contributed by atoms with E-state index in [0.717, 1.165) is 0 Å². The second kappa shape index (κ2) is 13.2. The number of esters is 3. The number of amides is 1. The molecule has 0 saturated heterocycles. The van der Waals surface area contributed by atoms with Crippen molar-refractivity contribution in [2.24, 2.45) is 5.73 Å². The molecule has 25 heavy (non-hydrogen) atoms. The van der Waals surface area contributed by atoms with Crippen LogP contribution in [-0.4, -0.2) is 55.7 Å². The van der Waals surface area contributed by atoms with E-state index in [-0.39, 0.29) is 45.5 Å². The van der Waals surface area contributed by atoms with Crippen LogP contribution in [0.1, 0.15) is 46.5 Å². The van der Waals surface area contributed by atoms with E-state index in [4.69, 9.17) is 19.9 Å². The second-order valence-electron chi connectivity index (χ2n) is 5.11. The van der Waals surface area contributed by atoms with Crippen molar-refractivity contribution in [1.29, 1.82) is 0 Å². The molecule has 2 atom stereocenters. The number of ether oxygens (including phenoxy) is 3. The number of hydrogen-bond donors (Lipinski definition) is 2. The van der Waals surface area contributed by atoms with Crippen molar-refractivity contribution < 1.29 is 33.4 Å². The van der Waals surface area contributed by atoms with Gasteiger partial charge >= 0.3 is 17.9 Å². The summed E-state index contributed by atoms with van der Waals surface area (Å²) >= 11 is 0. The van der Waals surface area contributed by atoms with Crippen LogP contribution < -0.4 is 11.1 Å². The Morgan fingerprint density at radius 3 is 1.80 bits per heavy atom. The van der Waals surface area contributed by atoms with Crippen molar-refractivity contribution in [1.82, 2.24) is 5.32 Å². The van der Waals surface area contributed by atoms with Gasteiger partial charge in [-0.05, 0) is 33.6 Å². The van der Waals surface area contributed by atoms with E-state index >= 15 is 0 Å². The topological polar surface area (TPSA) is 134 Å². The van der Waals surface area contributed by atoms with E-state index in [1.165, 1.54) is 0 Å². The predicted octanol–water partition coefficient (Wildman–Crippen LogP) is 0.0482. The highest BCUT2D eigenvalue weighted by Crippen LogP contribution is 2.04. The summed E-state index contributed by atoms with van der Waals surface area (Å²) in [5.41, 5.74) is 5.72. The van der Waals surface area contributed by atoms with Crippen molar-refractivity contribution >= 4 is 23.8 Å². The maximum Gasteiger partial charge on any atom is 0.328 e. The van der Waals surface area contributed by atoms with Crippen LogP contribution in [0.25, 0.3) is 0 Å². The number of rotatable bonds is 12. The van der Waals surface area contributed by atoms with Gasteiger partial charge in [0, 0.05) is 12.8 Å². The number of carbonyl (C=O) groups excluding carboxylic acids is 4. The van der Waals surface area contributed by atoms with Crippen molar-refractivity contribution in [2.45, 2.75) is 58.5 Å². The Morgan fingerprint density at radius 1 is 0.840 bits per heavy atom. The molecule has 0 fully saturated rings. The lowest BCUT2D eigenvalue weighted by Crippen LogP contribution is -2.49. The molecule has 3 N–H and O–H groups in total. The number of nitrogens with one attached hydrogen (secondary N) is 1. The van der Waals surface area contributed by atoms with Gasteiger partial charge in [0.25, 0.3) is 0 Å². The molecule has 0 bridgehead atoms. The number of carbonyl (C=O) groups is 4. The number of hydrogen-bond acceptors (Lipinski definition) is 8. The van der Waals surface area contributed by atoms with E-state index in [1.807, 2.05) is 0 Å². The molecule has 0 heterocycles. The molecule has 0 spiro atoms. The zero-order valence-electron chi connectivity index (χ0n) is 15.0. The zero-order chi connectivity index (χ0) is 19.2. The van der Waals surface area contributed by atoms with E-state index in [0.29, 0.717) is 0 Å². The molecule has 0 aromatic carbocycles. The first-order valence-electron chi connectivity index (χ1n) is 8.39. The molecule has 1 amide bonds. The fourth-order valence-corrected chi connectivity index (χ4v) is 1.90. The van der Waals surface area contributed by atoms with E-state index in [9.17, 15) is 19.2 Å². The Morgan fingerprint density at radius 2 is 1.32 bits per heavy atom. The fourth-order valence-electron chi connectivity index (χ4n) is 1.90. The molecule has 144 valence electrons. The molecule has 0 aliphatic heterocycles. The Balaban J connectivity index is 4.59. The minimum absolute atomic E-state index is 0.00464. The molecule has 0 aromatic rings. The van der Waals surface area contributed by atoms with Gasteiger partial charge in [-0.2, -0.15) is 0 Å². The van der Waals surface area contributed by atoms with Crippen LogP contribution in [0.15, 0.2) is 0 Å². The molecule has 9 nitrogen and oxygen atoms in total. The highest BCUT2D eigenvalue weighted by Gasteiger charge is 2.26. The summed E-state index contributed by atoms with van der Waals surface area (Å²) in [5, 5.41) is 2.46. The third-order valence-corrected chi connectivity index (χ3v) is 3.13. The first-order chi connectivity index (χ1) is 11.8. The minimum Gasteiger partial charge on any atom is -0.466 e. The first-order valence-corrected chi connectivity index (χ1v) is 8.39. The van der Waals surface area contributed by atoms with Crippen LogP contribution in [-0.2, 0) is 33.4 Å². The summed E-state index contributed by atoms with van der Waals surface area (Å²) in [7, 11) is 0. The predicted molar refractivity (Wildman–Crippen MR) is 88.3 cm³/mol. The summed E-state index contributed by atoms with van der Waals surface area (Å²) in [6.45, 7) is 5.60.